The van der Waals surface area contributed by atoms with Crippen LogP contribution in [-0.2, 0) is 11.8 Å². The SMILES string of the molecule is COc1cnn(C)c1C1CCNC(C(=O)N(C)C)C1. The van der Waals surface area contributed by atoms with Gasteiger partial charge in [-0.15, -0.1) is 0 Å². The highest BCUT2D eigenvalue weighted by atomic mass is 16.5. The lowest BCUT2D eigenvalue weighted by molar-refractivity contribution is -0.131. The van der Waals surface area contributed by atoms with E-state index in [1.807, 2.05) is 11.7 Å². The maximum atomic E-state index is 12.1. The van der Waals surface area contributed by atoms with E-state index in [0.717, 1.165) is 30.8 Å². The summed E-state index contributed by atoms with van der Waals surface area (Å²) in [6, 6.07) is -0.117. The number of piperidine rings is 1. The van der Waals surface area contributed by atoms with Crippen LogP contribution in [0.3, 0.4) is 0 Å². The predicted molar refractivity (Wildman–Crippen MR) is 72.2 cm³/mol. The molecule has 1 N–H and O–H groups in total. The predicted octanol–water partition coefficient (Wildman–Crippen LogP) is 0.353. The molecular formula is C13H22N4O2. The molecular weight excluding hydrogens is 244 g/mol. The molecule has 2 heterocycles. The number of ether oxygens (including phenoxy) is 1. The first-order valence-electron chi connectivity index (χ1n) is 6.55. The highest BCUT2D eigenvalue weighted by molar-refractivity contribution is 5.81. The van der Waals surface area contributed by atoms with Crippen molar-refractivity contribution < 1.29 is 9.53 Å². The van der Waals surface area contributed by atoms with Gasteiger partial charge in [-0.05, 0) is 19.4 Å². The normalized spacial score (nSPS) is 23.2. The summed E-state index contributed by atoms with van der Waals surface area (Å²) in [7, 11) is 7.16. The lowest BCUT2D eigenvalue weighted by Crippen LogP contribution is -2.48. The molecule has 1 aromatic rings. The molecule has 2 unspecified atom stereocenters. The van der Waals surface area contributed by atoms with Crippen molar-refractivity contribution in [1.82, 2.24) is 20.0 Å². The standard InChI is InChI=1S/C13H22N4O2/c1-16(2)13(18)10-7-9(5-6-14-10)12-11(19-4)8-15-17(12)3/h8-10,14H,5-7H2,1-4H3. The smallest absolute Gasteiger partial charge is 0.239 e. The van der Waals surface area contributed by atoms with Crippen molar-refractivity contribution in [1.29, 1.82) is 0 Å². The van der Waals surface area contributed by atoms with Gasteiger partial charge in [-0.2, -0.15) is 5.10 Å². The van der Waals surface area contributed by atoms with Gasteiger partial charge in [-0.1, -0.05) is 0 Å². The Morgan fingerprint density at radius 2 is 2.32 bits per heavy atom. The van der Waals surface area contributed by atoms with E-state index in [0.29, 0.717) is 5.92 Å². The van der Waals surface area contributed by atoms with E-state index >= 15 is 0 Å². The van der Waals surface area contributed by atoms with Crippen molar-refractivity contribution in [2.24, 2.45) is 7.05 Å². The fourth-order valence-electron chi connectivity index (χ4n) is 2.72. The monoisotopic (exact) mass is 266 g/mol. The Morgan fingerprint density at radius 3 is 2.95 bits per heavy atom. The molecule has 6 heteroatoms. The van der Waals surface area contributed by atoms with Crippen LogP contribution in [0.4, 0.5) is 0 Å². The Morgan fingerprint density at radius 1 is 1.58 bits per heavy atom. The summed E-state index contributed by atoms with van der Waals surface area (Å²) in [5.74, 6) is 1.24. The molecule has 1 saturated heterocycles. The minimum atomic E-state index is -0.117. The number of methoxy groups -OCH3 is 1. The fraction of sp³-hybridized carbons (Fsp3) is 0.692. The molecule has 1 amide bonds. The number of rotatable bonds is 3. The highest BCUT2D eigenvalue weighted by Gasteiger charge is 2.31. The quantitative estimate of drug-likeness (QED) is 0.858. The number of aryl methyl sites for hydroxylation is 1. The van der Waals surface area contributed by atoms with Crippen LogP contribution in [0.15, 0.2) is 6.20 Å². The van der Waals surface area contributed by atoms with Gasteiger partial charge >= 0.3 is 0 Å². The zero-order valence-corrected chi connectivity index (χ0v) is 12.0. The van der Waals surface area contributed by atoms with E-state index in [9.17, 15) is 4.79 Å². The number of likely N-dealkylation sites (N-methyl/N-ethyl adjacent to an activating group) is 1. The number of hydrogen-bond donors (Lipinski definition) is 1. The largest absolute Gasteiger partial charge is 0.493 e. The lowest BCUT2D eigenvalue weighted by atomic mass is 9.88. The second-order valence-electron chi connectivity index (χ2n) is 5.18. The van der Waals surface area contributed by atoms with Crippen LogP contribution in [0.25, 0.3) is 0 Å². The summed E-state index contributed by atoms with van der Waals surface area (Å²) in [4.78, 5) is 13.7. The Labute approximate surface area is 113 Å². The summed E-state index contributed by atoms with van der Waals surface area (Å²) < 4.78 is 7.22. The van der Waals surface area contributed by atoms with E-state index < -0.39 is 0 Å². The number of amides is 1. The van der Waals surface area contributed by atoms with Crippen LogP contribution in [-0.4, -0.2) is 54.4 Å². The van der Waals surface area contributed by atoms with E-state index in [4.69, 9.17) is 4.74 Å². The third-order valence-corrected chi connectivity index (χ3v) is 3.70. The maximum Gasteiger partial charge on any atom is 0.239 e. The lowest BCUT2D eigenvalue weighted by Gasteiger charge is -2.31. The second kappa shape index (κ2) is 5.61. The molecule has 2 rings (SSSR count). The average molecular weight is 266 g/mol. The molecule has 1 aromatic heterocycles. The Kier molecular flexibility index (Phi) is 4.09. The second-order valence-corrected chi connectivity index (χ2v) is 5.18. The zero-order valence-electron chi connectivity index (χ0n) is 12.0. The molecule has 106 valence electrons. The van der Waals surface area contributed by atoms with Crippen LogP contribution in [0.5, 0.6) is 5.75 Å². The summed E-state index contributed by atoms with van der Waals surface area (Å²) in [6.07, 6.45) is 3.51. The minimum absolute atomic E-state index is 0.117. The van der Waals surface area contributed by atoms with E-state index in [-0.39, 0.29) is 11.9 Å². The molecule has 2 atom stereocenters. The molecule has 1 fully saturated rings. The molecule has 0 saturated carbocycles. The van der Waals surface area contributed by atoms with Crippen LogP contribution < -0.4 is 10.1 Å². The van der Waals surface area contributed by atoms with Crippen molar-refractivity contribution in [3.8, 4) is 5.75 Å². The van der Waals surface area contributed by atoms with Crippen LogP contribution in [0.2, 0.25) is 0 Å². The Hall–Kier alpha value is -1.56. The van der Waals surface area contributed by atoms with Crippen molar-refractivity contribution in [3.05, 3.63) is 11.9 Å². The number of aromatic nitrogens is 2. The molecule has 0 bridgehead atoms. The maximum absolute atomic E-state index is 12.1. The average Bonchev–Trinajstić information content (AvgIpc) is 2.79. The van der Waals surface area contributed by atoms with Crippen molar-refractivity contribution in [2.45, 2.75) is 24.8 Å². The van der Waals surface area contributed by atoms with Gasteiger partial charge in [0.1, 0.15) is 0 Å². The van der Waals surface area contributed by atoms with Crippen molar-refractivity contribution >= 4 is 5.91 Å². The van der Waals surface area contributed by atoms with Gasteiger partial charge in [0.25, 0.3) is 0 Å². The highest BCUT2D eigenvalue weighted by Crippen LogP contribution is 2.33. The van der Waals surface area contributed by atoms with Gasteiger partial charge in [0.2, 0.25) is 5.91 Å². The number of carbonyl (C=O) groups is 1. The van der Waals surface area contributed by atoms with Crippen molar-refractivity contribution in [2.75, 3.05) is 27.7 Å². The molecule has 0 radical (unpaired) electrons. The van der Waals surface area contributed by atoms with Crippen LogP contribution in [0.1, 0.15) is 24.5 Å². The molecule has 6 nitrogen and oxygen atoms in total. The van der Waals surface area contributed by atoms with E-state index in [1.54, 1.807) is 32.3 Å². The van der Waals surface area contributed by atoms with Gasteiger partial charge < -0.3 is 15.0 Å². The number of nitrogens with one attached hydrogen (secondary N) is 1. The number of hydrogen-bond acceptors (Lipinski definition) is 4. The van der Waals surface area contributed by atoms with Gasteiger partial charge in [0.05, 0.1) is 25.0 Å². The Bertz CT molecular complexity index is 455. The number of nitrogens with zero attached hydrogens (tertiary/aromatic N) is 3. The minimum Gasteiger partial charge on any atom is -0.493 e. The molecule has 1 aliphatic heterocycles. The topological polar surface area (TPSA) is 59.4 Å². The van der Waals surface area contributed by atoms with Gasteiger partial charge in [-0.3, -0.25) is 9.48 Å². The molecule has 0 aromatic carbocycles. The molecule has 0 spiro atoms. The number of carbonyl (C=O) groups excluding carboxylic acids is 1. The first-order chi connectivity index (χ1) is 9.04. The van der Waals surface area contributed by atoms with Gasteiger partial charge in [-0.25, -0.2) is 0 Å². The summed E-state index contributed by atoms with van der Waals surface area (Å²) in [5.41, 5.74) is 1.08. The molecule has 19 heavy (non-hydrogen) atoms. The van der Waals surface area contributed by atoms with Crippen LogP contribution in [0, 0.1) is 0 Å². The third-order valence-electron chi connectivity index (χ3n) is 3.70. The fourth-order valence-corrected chi connectivity index (χ4v) is 2.72. The van der Waals surface area contributed by atoms with Gasteiger partial charge in [0, 0.05) is 27.1 Å². The van der Waals surface area contributed by atoms with Gasteiger partial charge in [0.15, 0.2) is 5.75 Å². The molecule has 0 aliphatic carbocycles. The first-order valence-corrected chi connectivity index (χ1v) is 6.55. The summed E-state index contributed by atoms with van der Waals surface area (Å²) in [6.45, 7) is 0.837. The first kappa shape index (κ1) is 13.9. The molecule has 1 aliphatic rings. The summed E-state index contributed by atoms with van der Waals surface area (Å²) >= 11 is 0. The summed E-state index contributed by atoms with van der Waals surface area (Å²) in [5, 5.41) is 7.53. The van der Waals surface area contributed by atoms with Crippen molar-refractivity contribution in [3.63, 3.8) is 0 Å². The zero-order chi connectivity index (χ0) is 14.0. The van der Waals surface area contributed by atoms with E-state index in [1.165, 1.54) is 0 Å². The van der Waals surface area contributed by atoms with Crippen LogP contribution >= 0.6 is 0 Å². The third kappa shape index (κ3) is 2.73. The Balaban J connectivity index is 2.17. The van der Waals surface area contributed by atoms with E-state index in [2.05, 4.69) is 10.4 Å².